The fourth-order valence-electron chi connectivity index (χ4n) is 1.91. The highest BCUT2D eigenvalue weighted by Crippen LogP contribution is 2.27. The van der Waals surface area contributed by atoms with Gasteiger partial charge in [-0.2, -0.15) is 0 Å². The van der Waals surface area contributed by atoms with Crippen LogP contribution in [-0.4, -0.2) is 16.9 Å². The van der Waals surface area contributed by atoms with Crippen molar-refractivity contribution >= 4 is 5.78 Å². The molecule has 1 heterocycles. The molecular weight excluding hydrogens is 238 g/mol. The van der Waals surface area contributed by atoms with Gasteiger partial charge in [-0.1, -0.05) is 12.1 Å². The zero-order valence-electron chi connectivity index (χ0n) is 10.6. The molecule has 1 aliphatic carbocycles. The highest BCUT2D eigenvalue weighted by Gasteiger charge is 2.23. The zero-order valence-corrected chi connectivity index (χ0v) is 10.6. The summed E-state index contributed by atoms with van der Waals surface area (Å²) in [6, 6.07) is 11.2. The zero-order chi connectivity index (χ0) is 13.1. The summed E-state index contributed by atoms with van der Waals surface area (Å²) in [5, 5.41) is 0. The predicted octanol–water partition coefficient (Wildman–Crippen LogP) is 3.05. The van der Waals surface area contributed by atoms with Crippen molar-refractivity contribution in [3.63, 3.8) is 0 Å². The standard InChI is InChI=1S/C16H15NO2/c18-16(10-12-6-8-17-9-7-12)13-2-1-3-15(11-13)19-14-4-5-14/h1-3,6-9,11,14H,4-5,10H2. The van der Waals surface area contributed by atoms with Gasteiger partial charge < -0.3 is 4.74 Å². The lowest BCUT2D eigenvalue weighted by Crippen LogP contribution is -2.04. The molecule has 0 saturated heterocycles. The normalized spacial score (nSPS) is 14.1. The maximum absolute atomic E-state index is 12.2. The summed E-state index contributed by atoms with van der Waals surface area (Å²) in [6.07, 6.45) is 6.40. The van der Waals surface area contributed by atoms with Crippen LogP contribution in [0.3, 0.4) is 0 Å². The van der Waals surface area contributed by atoms with Gasteiger partial charge in [0, 0.05) is 24.4 Å². The molecule has 1 aromatic carbocycles. The largest absolute Gasteiger partial charge is 0.490 e. The summed E-state index contributed by atoms with van der Waals surface area (Å²) in [4.78, 5) is 16.1. The fourth-order valence-corrected chi connectivity index (χ4v) is 1.91. The molecule has 3 rings (SSSR count). The molecule has 3 nitrogen and oxygen atoms in total. The van der Waals surface area contributed by atoms with Gasteiger partial charge in [-0.25, -0.2) is 0 Å². The van der Waals surface area contributed by atoms with E-state index < -0.39 is 0 Å². The lowest BCUT2D eigenvalue weighted by molar-refractivity contribution is 0.0992. The second kappa shape index (κ2) is 5.22. The molecule has 1 aliphatic rings. The van der Waals surface area contributed by atoms with Gasteiger partial charge in [0.2, 0.25) is 0 Å². The molecule has 1 saturated carbocycles. The fraction of sp³-hybridized carbons (Fsp3) is 0.250. The molecule has 0 bridgehead atoms. The van der Waals surface area contributed by atoms with E-state index in [9.17, 15) is 4.79 Å². The van der Waals surface area contributed by atoms with E-state index in [1.54, 1.807) is 12.4 Å². The van der Waals surface area contributed by atoms with E-state index in [1.807, 2.05) is 36.4 Å². The van der Waals surface area contributed by atoms with Gasteiger partial charge >= 0.3 is 0 Å². The molecule has 3 heteroatoms. The Balaban J connectivity index is 1.72. The van der Waals surface area contributed by atoms with Crippen LogP contribution in [0, 0.1) is 0 Å². The van der Waals surface area contributed by atoms with Crippen molar-refractivity contribution in [2.75, 3.05) is 0 Å². The Kier molecular flexibility index (Phi) is 3.27. The number of carbonyl (C=O) groups is 1. The lowest BCUT2D eigenvalue weighted by Gasteiger charge is -2.06. The van der Waals surface area contributed by atoms with Crippen LogP contribution < -0.4 is 4.74 Å². The number of ketones is 1. The molecule has 1 aromatic heterocycles. The van der Waals surface area contributed by atoms with Gasteiger partial charge in [-0.05, 0) is 42.7 Å². The molecule has 2 aromatic rings. The summed E-state index contributed by atoms with van der Waals surface area (Å²) < 4.78 is 5.70. The maximum atomic E-state index is 12.2. The van der Waals surface area contributed by atoms with Crippen molar-refractivity contribution < 1.29 is 9.53 Å². The van der Waals surface area contributed by atoms with Crippen LogP contribution in [0.1, 0.15) is 28.8 Å². The third kappa shape index (κ3) is 3.19. The van der Waals surface area contributed by atoms with Crippen LogP contribution in [0.2, 0.25) is 0 Å². The summed E-state index contributed by atoms with van der Waals surface area (Å²) >= 11 is 0. The Morgan fingerprint density at radius 1 is 1.21 bits per heavy atom. The van der Waals surface area contributed by atoms with Gasteiger partial charge in [0.25, 0.3) is 0 Å². The SMILES string of the molecule is O=C(Cc1ccncc1)c1cccc(OC2CC2)c1. The maximum Gasteiger partial charge on any atom is 0.167 e. The number of rotatable bonds is 5. The highest BCUT2D eigenvalue weighted by molar-refractivity contribution is 5.97. The number of nitrogens with zero attached hydrogens (tertiary/aromatic N) is 1. The Morgan fingerprint density at radius 2 is 2.00 bits per heavy atom. The van der Waals surface area contributed by atoms with E-state index in [2.05, 4.69) is 4.98 Å². The summed E-state index contributed by atoms with van der Waals surface area (Å²) in [7, 11) is 0. The van der Waals surface area contributed by atoms with E-state index >= 15 is 0 Å². The van der Waals surface area contributed by atoms with Gasteiger partial charge in [0.05, 0.1) is 6.10 Å². The number of benzene rings is 1. The van der Waals surface area contributed by atoms with Gasteiger partial charge in [-0.3, -0.25) is 9.78 Å². The number of Topliss-reactive ketones (excluding diaryl/α,β-unsaturated/α-hetero) is 1. The van der Waals surface area contributed by atoms with Gasteiger partial charge in [-0.15, -0.1) is 0 Å². The molecule has 0 unspecified atom stereocenters. The first-order chi connectivity index (χ1) is 9.31. The van der Waals surface area contributed by atoms with Crippen LogP contribution in [-0.2, 0) is 6.42 Å². The van der Waals surface area contributed by atoms with Gasteiger partial charge in [0.1, 0.15) is 5.75 Å². The summed E-state index contributed by atoms with van der Waals surface area (Å²) in [5.74, 6) is 0.899. The molecule has 1 fully saturated rings. The molecular formula is C16H15NO2. The predicted molar refractivity (Wildman–Crippen MR) is 72.4 cm³/mol. The minimum Gasteiger partial charge on any atom is -0.490 e. The van der Waals surface area contributed by atoms with E-state index in [1.165, 1.54) is 0 Å². The number of ether oxygens (including phenoxy) is 1. The highest BCUT2D eigenvalue weighted by atomic mass is 16.5. The van der Waals surface area contributed by atoms with Crippen LogP contribution >= 0.6 is 0 Å². The number of pyridine rings is 1. The second-order valence-corrected chi connectivity index (χ2v) is 4.80. The smallest absolute Gasteiger partial charge is 0.167 e. The number of hydrogen-bond donors (Lipinski definition) is 0. The van der Waals surface area contributed by atoms with Crippen LogP contribution in [0.25, 0.3) is 0 Å². The molecule has 96 valence electrons. The molecule has 0 aliphatic heterocycles. The van der Waals surface area contributed by atoms with Crippen molar-refractivity contribution in [2.45, 2.75) is 25.4 Å². The average molecular weight is 253 g/mol. The minimum atomic E-state index is 0.104. The topological polar surface area (TPSA) is 39.2 Å². The van der Waals surface area contributed by atoms with Crippen molar-refractivity contribution in [3.05, 3.63) is 59.9 Å². The first-order valence-electron chi connectivity index (χ1n) is 6.50. The van der Waals surface area contributed by atoms with E-state index in [4.69, 9.17) is 4.74 Å². The quantitative estimate of drug-likeness (QED) is 0.769. The summed E-state index contributed by atoms with van der Waals surface area (Å²) in [6.45, 7) is 0. The Labute approximate surface area is 112 Å². The third-order valence-corrected chi connectivity index (χ3v) is 3.10. The van der Waals surface area contributed by atoms with Gasteiger partial charge in [0.15, 0.2) is 5.78 Å². The molecule has 0 atom stereocenters. The molecule has 19 heavy (non-hydrogen) atoms. The number of hydrogen-bond acceptors (Lipinski definition) is 3. The third-order valence-electron chi connectivity index (χ3n) is 3.10. The number of aromatic nitrogens is 1. The van der Waals surface area contributed by atoms with E-state index in [0.717, 1.165) is 24.2 Å². The van der Waals surface area contributed by atoms with Crippen molar-refractivity contribution in [1.82, 2.24) is 4.98 Å². The Morgan fingerprint density at radius 3 is 2.74 bits per heavy atom. The van der Waals surface area contributed by atoms with E-state index in [0.29, 0.717) is 18.1 Å². The molecule has 0 spiro atoms. The van der Waals surface area contributed by atoms with E-state index in [-0.39, 0.29) is 5.78 Å². The minimum absolute atomic E-state index is 0.104. The first-order valence-corrected chi connectivity index (χ1v) is 6.50. The monoisotopic (exact) mass is 253 g/mol. The molecule has 0 radical (unpaired) electrons. The van der Waals surface area contributed by atoms with Crippen LogP contribution in [0.15, 0.2) is 48.8 Å². The van der Waals surface area contributed by atoms with Crippen LogP contribution in [0.5, 0.6) is 5.75 Å². The van der Waals surface area contributed by atoms with Crippen LogP contribution in [0.4, 0.5) is 0 Å². The van der Waals surface area contributed by atoms with Crippen molar-refractivity contribution in [1.29, 1.82) is 0 Å². The Bertz CT molecular complexity index is 576. The molecule has 0 N–H and O–H groups in total. The lowest BCUT2D eigenvalue weighted by atomic mass is 10.0. The number of carbonyl (C=O) groups excluding carboxylic acids is 1. The Hall–Kier alpha value is -2.16. The second-order valence-electron chi connectivity index (χ2n) is 4.80. The summed E-state index contributed by atoms with van der Waals surface area (Å²) in [5.41, 5.74) is 1.68. The van der Waals surface area contributed by atoms with Crippen molar-refractivity contribution in [3.8, 4) is 5.75 Å². The average Bonchev–Trinajstić information content (AvgIpc) is 3.24. The molecule has 0 amide bonds. The van der Waals surface area contributed by atoms with Crippen molar-refractivity contribution in [2.24, 2.45) is 0 Å². The first kappa shape index (κ1) is 11.9.